The van der Waals surface area contributed by atoms with Crippen LogP contribution < -0.4 is 4.74 Å². The number of ether oxygens (including phenoxy) is 1. The molecule has 31 heavy (non-hydrogen) atoms. The summed E-state index contributed by atoms with van der Waals surface area (Å²) in [5.74, 6) is -13.5. The maximum Gasteiger partial charge on any atom is 0.339 e. The van der Waals surface area contributed by atoms with Gasteiger partial charge in [-0.3, -0.25) is 0 Å². The Labute approximate surface area is 180 Å². The van der Waals surface area contributed by atoms with Crippen molar-refractivity contribution in [1.82, 2.24) is 0 Å². The summed E-state index contributed by atoms with van der Waals surface area (Å²) in [5, 5.41) is 28.7. The van der Waals surface area contributed by atoms with Gasteiger partial charge in [-0.15, -0.1) is 0 Å². The number of fused-ring (bicyclic) bond motifs is 2. The average Bonchev–Trinajstić information content (AvgIpc) is 2.70. The van der Waals surface area contributed by atoms with Crippen LogP contribution in [0, 0.1) is 23.3 Å². The summed E-state index contributed by atoms with van der Waals surface area (Å²) in [4.78, 5) is 11.7. The second kappa shape index (κ2) is 7.21. The number of phenolic OH excluding ortho intramolecular Hbond substituents is 2. The molecule has 0 saturated heterocycles. The summed E-state index contributed by atoms with van der Waals surface area (Å²) in [5.41, 5.74) is -2.69. The lowest BCUT2D eigenvalue weighted by Crippen LogP contribution is -2.20. The molecule has 0 aromatic heterocycles. The molecule has 1 aliphatic heterocycles. The zero-order valence-corrected chi connectivity index (χ0v) is 16.3. The third kappa shape index (κ3) is 3.12. The van der Waals surface area contributed by atoms with Crippen LogP contribution in [0.2, 0.25) is 10.0 Å². The summed E-state index contributed by atoms with van der Waals surface area (Å²) in [6, 6.07) is 4.16. The molecule has 0 fully saturated rings. The first-order valence-electron chi connectivity index (χ1n) is 8.34. The maximum absolute atomic E-state index is 14.9. The molecule has 4 rings (SSSR count). The van der Waals surface area contributed by atoms with E-state index < -0.39 is 57.8 Å². The lowest BCUT2D eigenvalue weighted by molar-refractivity contribution is 0.0687. The highest BCUT2D eigenvalue weighted by Crippen LogP contribution is 2.53. The van der Waals surface area contributed by atoms with Gasteiger partial charge in [0.05, 0.1) is 10.0 Å². The molecule has 0 amide bonds. The Bertz CT molecular complexity index is 1240. The normalized spacial score (nSPS) is 12.8. The molecule has 11 heteroatoms. The zero-order valence-electron chi connectivity index (χ0n) is 14.8. The number of carboxylic acids is 1. The van der Waals surface area contributed by atoms with E-state index in [1.807, 2.05) is 0 Å². The van der Waals surface area contributed by atoms with Crippen molar-refractivity contribution in [3.63, 3.8) is 0 Å². The fourth-order valence-electron chi connectivity index (χ4n) is 3.47. The summed E-state index contributed by atoms with van der Waals surface area (Å²) in [6.07, 6.45) is 0. The number of benzene rings is 3. The monoisotopic (exact) mass is 474 g/mol. The van der Waals surface area contributed by atoms with Gasteiger partial charge in [0.15, 0.2) is 23.3 Å². The van der Waals surface area contributed by atoms with E-state index in [9.17, 15) is 37.7 Å². The number of rotatable bonds is 2. The van der Waals surface area contributed by atoms with Crippen molar-refractivity contribution < 1.29 is 42.4 Å². The van der Waals surface area contributed by atoms with Crippen LogP contribution in [0.15, 0.2) is 24.3 Å². The van der Waals surface area contributed by atoms with Crippen LogP contribution in [0.3, 0.4) is 0 Å². The molecule has 0 radical (unpaired) electrons. The van der Waals surface area contributed by atoms with Gasteiger partial charge in [0.1, 0.15) is 28.6 Å². The topological polar surface area (TPSA) is 87.0 Å². The molecule has 3 aromatic carbocycles. The average molecular weight is 475 g/mol. The lowest BCUT2D eigenvalue weighted by Gasteiger charge is -2.30. The molecule has 3 N–H and O–H groups in total. The van der Waals surface area contributed by atoms with Crippen LogP contribution in [0.4, 0.5) is 17.6 Å². The molecule has 1 heterocycles. The van der Waals surface area contributed by atoms with Crippen molar-refractivity contribution in [2.45, 2.75) is 5.92 Å². The van der Waals surface area contributed by atoms with Crippen LogP contribution in [0.1, 0.15) is 33.0 Å². The van der Waals surface area contributed by atoms with E-state index >= 15 is 0 Å². The largest absolute Gasteiger partial charge is 0.506 e. The molecule has 0 bridgehead atoms. The van der Waals surface area contributed by atoms with Gasteiger partial charge in [0, 0.05) is 34.7 Å². The lowest BCUT2D eigenvalue weighted by atomic mass is 9.80. The van der Waals surface area contributed by atoms with E-state index in [0.29, 0.717) is 0 Å². The minimum atomic E-state index is -2.29. The Hall–Kier alpha value is -3.17. The fourth-order valence-corrected chi connectivity index (χ4v) is 3.81. The molecular weight excluding hydrogens is 467 g/mol. The SMILES string of the molecule is O=C(O)c1c(F)c(F)c(F)c(F)c1C1c2cc(Cl)c(O)cc2Oc2cc(O)c(Cl)cc21. The van der Waals surface area contributed by atoms with Crippen LogP contribution >= 0.6 is 23.2 Å². The third-order valence-corrected chi connectivity index (χ3v) is 5.41. The molecule has 5 nitrogen and oxygen atoms in total. The minimum absolute atomic E-state index is 0.0936. The quantitative estimate of drug-likeness (QED) is 0.190. The van der Waals surface area contributed by atoms with Crippen LogP contribution in [-0.2, 0) is 0 Å². The predicted octanol–water partition coefficient (Wildman–Crippen LogP) is 5.95. The highest BCUT2D eigenvalue weighted by atomic mass is 35.5. The van der Waals surface area contributed by atoms with Crippen molar-refractivity contribution in [3.8, 4) is 23.0 Å². The van der Waals surface area contributed by atoms with Crippen LogP contribution in [0.5, 0.6) is 23.0 Å². The summed E-state index contributed by atoms with van der Waals surface area (Å²) in [6.45, 7) is 0. The second-order valence-electron chi connectivity index (χ2n) is 6.57. The maximum atomic E-state index is 14.9. The highest BCUT2D eigenvalue weighted by molar-refractivity contribution is 6.32. The van der Waals surface area contributed by atoms with Crippen molar-refractivity contribution in [2.75, 3.05) is 0 Å². The van der Waals surface area contributed by atoms with Crippen molar-refractivity contribution >= 4 is 29.2 Å². The number of hydrogen-bond donors (Lipinski definition) is 3. The van der Waals surface area contributed by atoms with Crippen molar-refractivity contribution in [2.24, 2.45) is 0 Å². The first-order chi connectivity index (χ1) is 14.5. The van der Waals surface area contributed by atoms with E-state index in [1.54, 1.807) is 0 Å². The molecular formula is C20H8Cl2F4O5. The predicted molar refractivity (Wildman–Crippen MR) is 100 cm³/mol. The standard InChI is InChI=1S/C20H8Cl2F4O5/c21-7-1-5-11(3-9(7)27)31-12-4-10(28)8(22)2-6(12)13(5)14-15(20(29)30)17(24)19(26)18(25)16(14)23/h1-4,13,27-28H,(H,29,30). The number of hydrogen-bond acceptors (Lipinski definition) is 4. The number of aromatic carboxylic acids is 1. The molecule has 0 spiro atoms. The van der Waals surface area contributed by atoms with E-state index in [-0.39, 0.29) is 32.7 Å². The number of carboxylic acid groups (broad SMARTS) is 1. The fraction of sp³-hybridized carbons (Fsp3) is 0.0500. The third-order valence-electron chi connectivity index (χ3n) is 4.81. The molecule has 3 aromatic rings. The Balaban J connectivity index is 2.17. The van der Waals surface area contributed by atoms with E-state index in [1.165, 1.54) is 0 Å². The van der Waals surface area contributed by atoms with E-state index in [2.05, 4.69) is 0 Å². The molecule has 0 aliphatic carbocycles. The Kier molecular flexibility index (Phi) is 4.90. The van der Waals surface area contributed by atoms with E-state index in [4.69, 9.17) is 27.9 Å². The Morgan fingerprint density at radius 1 is 0.806 bits per heavy atom. The van der Waals surface area contributed by atoms with Gasteiger partial charge in [-0.1, -0.05) is 23.2 Å². The number of carbonyl (C=O) groups is 1. The van der Waals surface area contributed by atoms with Gasteiger partial charge in [0.25, 0.3) is 0 Å². The highest BCUT2D eigenvalue weighted by Gasteiger charge is 2.39. The molecule has 0 unspecified atom stereocenters. The first-order valence-corrected chi connectivity index (χ1v) is 9.10. The molecule has 0 atom stereocenters. The summed E-state index contributed by atoms with van der Waals surface area (Å²) < 4.78 is 62.9. The number of halogens is 6. The van der Waals surface area contributed by atoms with Gasteiger partial charge in [-0.25, -0.2) is 22.4 Å². The smallest absolute Gasteiger partial charge is 0.339 e. The van der Waals surface area contributed by atoms with Gasteiger partial charge < -0.3 is 20.1 Å². The zero-order chi connectivity index (χ0) is 22.8. The first kappa shape index (κ1) is 21.1. The minimum Gasteiger partial charge on any atom is -0.506 e. The number of aromatic hydroxyl groups is 2. The van der Waals surface area contributed by atoms with Gasteiger partial charge >= 0.3 is 5.97 Å². The molecule has 0 saturated carbocycles. The van der Waals surface area contributed by atoms with Crippen molar-refractivity contribution in [1.29, 1.82) is 0 Å². The van der Waals surface area contributed by atoms with Gasteiger partial charge in [0.2, 0.25) is 0 Å². The Morgan fingerprint density at radius 2 is 1.26 bits per heavy atom. The van der Waals surface area contributed by atoms with Crippen LogP contribution in [-0.4, -0.2) is 21.3 Å². The Morgan fingerprint density at radius 3 is 1.71 bits per heavy atom. The van der Waals surface area contributed by atoms with Gasteiger partial charge in [-0.05, 0) is 12.1 Å². The van der Waals surface area contributed by atoms with Crippen LogP contribution in [0.25, 0.3) is 0 Å². The summed E-state index contributed by atoms with van der Waals surface area (Å²) >= 11 is 11.8. The summed E-state index contributed by atoms with van der Waals surface area (Å²) in [7, 11) is 0. The number of phenols is 2. The van der Waals surface area contributed by atoms with Crippen molar-refractivity contribution in [3.05, 3.63) is 79.8 Å². The van der Waals surface area contributed by atoms with Gasteiger partial charge in [-0.2, -0.15) is 0 Å². The second-order valence-corrected chi connectivity index (χ2v) is 7.38. The molecule has 160 valence electrons. The van der Waals surface area contributed by atoms with E-state index in [0.717, 1.165) is 24.3 Å². The molecule has 1 aliphatic rings.